The SMILES string of the molecule is CNn1ccc2cc(C=O)cnc21. The molecule has 0 bridgehead atoms. The summed E-state index contributed by atoms with van der Waals surface area (Å²) in [6.07, 6.45) is 4.22. The number of aromatic nitrogens is 2. The van der Waals surface area contributed by atoms with Crippen LogP contribution in [0, 0.1) is 0 Å². The molecule has 2 aromatic heterocycles. The molecule has 0 amide bonds. The van der Waals surface area contributed by atoms with Crippen molar-refractivity contribution >= 4 is 17.3 Å². The Morgan fingerprint density at radius 1 is 1.62 bits per heavy atom. The first kappa shape index (κ1) is 7.79. The first-order valence-electron chi connectivity index (χ1n) is 3.95. The Morgan fingerprint density at radius 3 is 3.15 bits per heavy atom. The average molecular weight is 175 g/mol. The molecular formula is C9H9N3O. The Kier molecular flexibility index (Phi) is 1.73. The van der Waals surface area contributed by atoms with E-state index in [1.165, 1.54) is 0 Å². The number of carbonyl (C=O) groups is 1. The van der Waals surface area contributed by atoms with Gasteiger partial charge in [0.15, 0.2) is 11.9 Å². The Labute approximate surface area is 75.2 Å². The number of fused-ring (bicyclic) bond motifs is 1. The van der Waals surface area contributed by atoms with Crippen LogP contribution in [0.5, 0.6) is 0 Å². The molecule has 2 rings (SSSR count). The number of rotatable bonds is 2. The number of pyridine rings is 1. The van der Waals surface area contributed by atoms with Crippen LogP contribution in [0.3, 0.4) is 0 Å². The molecule has 4 nitrogen and oxygen atoms in total. The lowest BCUT2D eigenvalue weighted by Crippen LogP contribution is -2.07. The Balaban J connectivity index is 2.67. The maximum Gasteiger partial charge on any atom is 0.158 e. The highest BCUT2D eigenvalue weighted by Gasteiger charge is 2.01. The Hall–Kier alpha value is -1.84. The fraction of sp³-hybridized carbons (Fsp3) is 0.111. The van der Waals surface area contributed by atoms with Crippen molar-refractivity contribution in [1.29, 1.82) is 0 Å². The van der Waals surface area contributed by atoms with Gasteiger partial charge in [-0.1, -0.05) is 0 Å². The largest absolute Gasteiger partial charge is 0.328 e. The summed E-state index contributed by atoms with van der Waals surface area (Å²) in [6.45, 7) is 0. The molecule has 2 aromatic rings. The quantitative estimate of drug-likeness (QED) is 0.693. The van der Waals surface area contributed by atoms with Crippen LogP contribution in [0.4, 0.5) is 0 Å². The first-order chi connectivity index (χ1) is 6.35. The number of hydrogen-bond donors (Lipinski definition) is 1. The topological polar surface area (TPSA) is 46.9 Å². The highest BCUT2D eigenvalue weighted by molar-refractivity contribution is 5.84. The van der Waals surface area contributed by atoms with Gasteiger partial charge in [-0.2, -0.15) is 0 Å². The van der Waals surface area contributed by atoms with E-state index in [4.69, 9.17) is 0 Å². The fourth-order valence-corrected chi connectivity index (χ4v) is 1.29. The highest BCUT2D eigenvalue weighted by atomic mass is 16.1. The minimum Gasteiger partial charge on any atom is -0.328 e. The predicted molar refractivity (Wildman–Crippen MR) is 50.4 cm³/mol. The van der Waals surface area contributed by atoms with E-state index in [0.717, 1.165) is 17.3 Å². The highest BCUT2D eigenvalue weighted by Crippen LogP contribution is 2.12. The van der Waals surface area contributed by atoms with E-state index in [2.05, 4.69) is 10.4 Å². The maximum atomic E-state index is 10.5. The third-order valence-electron chi connectivity index (χ3n) is 1.92. The van der Waals surface area contributed by atoms with Gasteiger partial charge in [0.2, 0.25) is 0 Å². The zero-order chi connectivity index (χ0) is 9.26. The van der Waals surface area contributed by atoms with Crippen LogP contribution in [-0.2, 0) is 0 Å². The summed E-state index contributed by atoms with van der Waals surface area (Å²) >= 11 is 0. The monoisotopic (exact) mass is 175 g/mol. The molecule has 4 heteroatoms. The van der Waals surface area contributed by atoms with Gasteiger partial charge in [0, 0.05) is 30.4 Å². The summed E-state index contributed by atoms with van der Waals surface area (Å²) in [4.78, 5) is 14.6. The average Bonchev–Trinajstić information content (AvgIpc) is 2.59. The standard InChI is InChI=1S/C9H9N3O/c1-10-12-3-2-8-4-7(6-13)5-11-9(8)12/h2-6,10H,1H3. The van der Waals surface area contributed by atoms with Gasteiger partial charge in [0.1, 0.15) is 0 Å². The van der Waals surface area contributed by atoms with E-state index in [0.29, 0.717) is 5.56 Å². The van der Waals surface area contributed by atoms with Crippen LogP contribution in [0.15, 0.2) is 24.5 Å². The van der Waals surface area contributed by atoms with E-state index < -0.39 is 0 Å². The first-order valence-corrected chi connectivity index (χ1v) is 3.95. The molecular weight excluding hydrogens is 166 g/mol. The van der Waals surface area contributed by atoms with Crippen molar-refractivity contribution in [3.8, 4) is 0 Å². The van der Waals surface area contributed by atoms with Gasteiger partial charge in [-0.05, 0) is 12.1 Å². The molecule has 0 spiro atoms. The molecule has 13 heavy (non-hydrogen) atoms. The lowest BCUT2D eigenvalue weighted by Gasteiger charge is -2.01. The Bertz CT molecular complexity index is 447. The van der Waals surface area contributed by atoms with Gasteiger partial charge in [-0.15, -0.1) is 0 Å². The summed E-state index contributed by atoms with van der Waals surface area (Å²) in [5, 5.41) is 0.957. The number of nitrogens with one attached hydrogen (secondary N) is 1. The second-order valence-electron chi connectivity index (χ2n) is 2.71. The minimum atomic E-state index is 0.598. The summed E-state index contributed by atoms with van der Waals surface area (Å²) in [6, 6.07) is 3.72. The van der Waals surface area contributed by atoms with Crippen LogP contribution in [0.1, 0.15) is 10.4 Å². The number of hydrogen-bond acceptors (Lipinski definition) is 3. The minimum absolute atomic E-state index is 0.598. The van der Waals surface area contributed by atoms with Crippen LogP contribution in [-0.4, -0.2) is 23.0 Å². The molecule has 0 aromatic carbocycles. The molecule has 0 aliphatic heterocycles. The van der Waals surface area contributed by atoms with Gasteiger partial charge in [-0.3, -0.25) is 4.79 Å². The van der Waals surface area contributed by atoms with E-state index in [1.807, 2.05) is 25.4 Å². The number of nitrogens with zero attached hydrogens (tertiary/aromatic N) is 2. The van der Waals surface area contributed by atoms with Crippen molar-refractivity contribution in [2.24, 2.45) is 0 Å². The number of carbonyl (C=O) groups excluding carboxylic acids is 1. The van der Waals surface area contributed by atoms with Crippen molar-refractivity contribution in [3.63, 3.8) is 0 Å². The van der Waals surface area contributed by atoms with E-state index in [9.17, 15) is 4.79 Å². The zero-order valence-electron chi connectivity index (χ0n) is 7.19. The van der Waals surface area contributed by atoms with Crippen molar-refractivity contribution < 1.29 is 4.79 Å². The van der Waals surface area contributed by atoms with Gasteiger partial charge in [-0.25, -0.2) is 9.66 Å². The molecule has 0 aliphatic rings. The molecule has 2 heterocycles. The molecule has 0 aliphatic carbocycles. The van der Waals surface area contributed by atoms with Gasteiger partial charge in [0.05, 0.1) is 0 Å². The van der Waals surface area contributed by atoms with Crippen molar-refractivity contribution in [2.75, 3.05) is 12.5 Å². The smallest absolute Gasteiger partial charge is 0.158 e. The summed E-state index contributed by atoms with van der Waals surface area (Å²) < 4.78 is 1.80. The molecule has 0 atom stereocenters. The Morgan fingerprint density at radius 2 is 2.46 bits per heavy atom. The van der Waals surface area contributed by atoms with Crippen LogP contribution in [0.2, 0.25) is 0 Å². The van der Waals surface area contributed by atoms with Crippen molar-refractivity contribution in [1.82, 2.24) is 9.66 Å². The molecule has 1 N–H and O–H groups in total. The van der Waals surface area contributed by atoms with E-state index in [1.54, 1.807) is 10.9 Å². The van der Waals surface area contributed by atoms with E-state index in [-0.39, 0.29) is 0 Å². The summed E-state index contributed by atoms with van der Waals surface area (Å²) in [5.41, 5.74) is 4.38. The second-order valence-corrected chi connectivity index (χ2v) is 2.71. The molecule has 0 radical (unpaired) electrons. The van der Waals surface area contributed by atoms with Gasteiger partial charge >= 0.3 is 0 Å². The third-order valence-corrected chi connectivity index (χ3v) is 1.92. The second kappa shape index (κ2) is 2.90. The number of aldehydes is 1. The zero-order valence-corrected chi connectivity index (χ0v) is 7.19. The van der Waals surface area contributed by atoms with Gasteiger partial charge < -0.3 is 5.43 Å². The molecule has 0 saturated heterocycles. The molecule has 0 saturated carbocycles. The maximum absolute atomic E-state index is 10.5. The summed E-state index contributed by atoms with van der Waals surface area (Å²) in [7, 11) is 1.81. The van der Waals surface area contributed by atoms with Crippen molar-refractivity contribution in [3.05, 3.63) is 30.1 Å². The van der Waals surface area contributed by atoms with Crippen LogP contribution in [0.25, 0.3) is 11.0 Å². The van der Waals surface area contributed by atoms with Crippen LogP contribution < -0.4 is 5.43 Å². The molecule has 66 valence electrons. The molecule has 0 unspecified atom stereocenters. The van der Waals surface area contributed by atoms with Crippen LogP contribution >= 0.6 is 0 Å². The third kappa shape index (κ3) is 1.16. The van der Waals surface area contributed by atoms with Crippen molar-refractivity contribution in [2.45, 2.75) is 0 Å². The fourth-order valence-electron chi connectivity index (χ4n) is 1.29. The lowest BCUT2D eigenvalue weighted by atomic mass is 10.2. The van der Waals surface area contributed by atoms with E-state index >= 15 is 0 Å². The lowest BCUT2D eigenvalue weighted by molar-refractivity contribution is 0.112. The van der Waals surface area contributed by atoms with Gasteiger partial charge in [0.25, 0.3) is 0 Å². The predicted octanol–water partition coefficient (Wildman–Crippen LogP) is 1.02. The summed E-state index contributed by atoms with van der Waals surface area (Å²) in [5.74, 6) is 0. The molecule has 0 fully saturated rings. The normalized spacial score (nSPS) is 10.2.